The Hall–Kier alpha value is -2.20. The summed E-state index contributed by atoms with van der Waals surface area (Å²) in [5, 5.41) is 0.590. The number of rotatable bonds is 3. The van der Waals surface area contributed by atoms with Crippen LogP contribution in [0.4, 0.5) is 0 Å². The highest BCUT2D eigenvalue weighted by atomic mass is 35.5. The number of benzene rings is 2. The fourth-order valence-electron chi connectivity index (χ4n) is 2.74. The predicted molar refractivity (Wildman–Crippen MR) is 86.9 cm³/mol. The van der Waals surface area contributed by atoms with Crippen molar-refractivity contribution in [1.82, 2.24) is 0 Å². The molecule has 23 heavy (non-hydrogen) atoms. The summed E-state index contributed by atoms with van der Waals surface area (Å²) >= 11 is 6.06. The molecular weight excluding hydrogens is 316 g/mol. The van der Waals surface area contributed by atoms with Crippen LogP contribution in [0.3, 0.4) is 0 Å². The molecule has 0 spiro atoms. The second-order valence-corrected chi connectivity index (χ2v) is 5.83. The summed E-state index contributed by atoms with van der Waals surface area (Å²) in [6.07, 6.45) is -0.0276. The number of carbonyl (C=O) groups is 1. The zero-order valence-corrected chi connectivity index (χ0v) is 13.7. The van der Waals surface area contributed by atoms with Gasteiger partial charge in [0.2, 0.25) is 0 Å². The van der Waals surface area contributed by atoms with Gasteiger partial charge in [0.25, 0.3) is 0 Å². The zero-order valence-electron chi connectivity index (χ0n) is 12.9. The molecule has 0 saturated carbocycles. The molecule has 1 aliphatic rings. The second kappa shape index (κ2) is 6.50. The summed E-state index contributed by atoms with van der Waals surface area (Å²) in [6, 6.07) is 13.0. The Balaban J connectivity index is 1.92. The van der Waals surface area contributed by atoms with E-state index in [1.54, 1.807) is 19.2 Å². The van der Waals surface area contributed by atoms with E-state index in [-0.39, 0.29) is 18.2 Å². The highest BCUT2D eigenvalue weighted by Crippen LogP contribution is 2.43. The van der Waals surface area contributed by atoms with Crippen molar-refractivity contribution in [3.05, 3.63) is 58.6 Å². The van der Waals surface area contributed by atoms with Crippen LogP contribution in [0.25, 0.3) is 0 Å². The average Bonchev–Trinajstić information content (AvgIpc) is 2.54. The van der Waals surface area contributed by atoms with Crippen LogP contribution in [0.15, 0.2) is 42.5 Å². The van der Waals surface area contributed by atoms with Crippen molar-refractivity contribution in [3.63, 3.8) is 0 Å². The molecule has 0 bridgehead atoms. The van der Waals surface area contributed by atoms with Gasteiger partial charge in [-0.2, -0.15) is 0 Å². The molecule has 0 amide bonds. The Morgan fingerprint density at radius 2 is 1.96 bits per heavy atom. The summed E-state index contributed by atoms with van der Waals surface area (Å²) in [4.78, 5) is 11.4. The first-order valence-electron chi connectivity index (χ1n) is 7.34. The first-order chi connectivity index (χ1) is 11.1. The largest absolute Gasteiger partial charge is 0.497 e. The Labute approximate surface area is 139 Å². The number of carbonyl (C=O) groups excluding carboxylic acids is 1. The van der Waals surface area contributed by atoms with E-state index in [1.165, 1.54) is 6.92 Å². The third-order valence-electron chi connectivity index (χ3n) is 3.81. The summed E-state index contributed by atoms with van der Waals surface area (Å²) in [5.74, 6) is 1.15. The molecule has 2 aromatic rings. The van der Waals surface area contributed by atoms with E-state index in [0.717, 1.165) is 16.9 Å². The van der Waals surface area contributed by atoms with Gasteiger partial charge in [0.15, 0.2) is 0 Å². The Morgan fingerprint density at radius 3 is 2.61 bits per heavy atom. The van der Waals surface area contributed by atoms with Gasteiger partial charge in [-0.3, -0.25) is 4.79 Å². The average molecular weight is 333 g/mol. The maximum atomic E-state index is 11.4. The number of methoxy groups -OCH3 is 1. The standard InChI is InChI=1S/C18H17ClO4/c1-11(20)22-18-10-17(12-3-6-14(21-2)7-4-12)23-16-8-5-13(19)9-15(16)18/h3-9,17-18H,10H2,1-2H3/t17-,18-/m1/s1. The smallest absolute Gasteiger partial charge is 0.303 e. The van der Waals surface area contributed by atoms with Crippen molar-refractivity contribution in [1.29, 1.82) is 0 Å². The molecule has 0 aromatic heterocycles. The molecule has 0 saturated heterocycles. The SMILES string of the molecule is COc1ccc([C@H]2C[C@@H](OC(C)=O)c3cc(Cl)ccc3O2)cc1. The first kappa shape index (κ1) is 15.7. The first-order valence-corrected chi connectivity index (χ1v) is 7.72. The van der Waals surface area contributed by atoms with Gasteiger partial charge in [-0.15, -0.1) is 0 Å². The molecule has 120 valence electrons. The van der Waals surface area contributed by atoms with Gasteiger partial charge in [0.1, 0.15) is 23.7 Å². The number of hydrogen-bond donors (Lipinski definition) is 0. The highest BCUT2D eigenvalue weighted by molar-refractivity contribution is 6.30. The third-order valence-corrected chi connectivity index (χ3v) is 4.05. The molecule has 3 rings (SSSR count). The Morgan fingerprint density at radius 1 is 1.22 bits per heavy atom. The van der Waals surface area contributed by atoms with E-state index in [2.05, 4.69) is 0 Å². The van der Waals surface area contributed by atoms with Gasteiger partial charge in [-0.1, -0.05) is 23.7 Å². The Bertz CT molecular complexity index is 711. The molecule has 5 heteroatoms. The molecular formula is C18H17ClO4. The van der Waals surface area contributed by atoms with Crippen LogP contribution in [0.5, 0.6) is 11.5 Å². The number of fused-ring (bicyclic) bond motifs is 1. The zero-order chi connectivity index (χ0) is 16.4. The van der Waals surface area contributed by atoms with Gasteiger partial charge in [0, 0.05) is 23.9 Å². The van der Waals surface area contributed by atoms with Crippen LogP contribution in [0, 0.1) is 0 Å². The molecule has 4 nitrogen and oxygen atoms in total. The van der Waals surface area contributed by atoms with Crippen LogP contribution in [0.2, 0.25) is 5.02 Å². The van der Waals surface area contributed by atoms with Crippen molar-refractivity contribution in [2.24, 2.45) is 0 Å². The maximum absolute atomic E-state index is 11.4. The summed E-state index contributed by atoms with van der Waals surface area (Å²) in [6.45, 7) is 1.40. The number of hydrogen-bond acceptors (Lipinski definition) is 4. The van der Waals surface area contributed by atoms with Gasteiger partial charge in [-0.05, 0) is 35.9 Å². The summed E-state index contributed by atoms with van der Waals surface area (Å²) in [7, 11) is 1.63. The summed E-state index contributed by atoms with van der Waals surface area (Å²) < 4.78 is 16.7. The van der Waals surface area contributed by atoms with Gasteiger partial charge in [-0.25, -0.2) is 0 Å². The Kier molecular flexibility index (Phi) is 4.44. The van der Waals surface area contributed by atoms with E-state index in [4.69, 9.17) is 25.8 Å². The molecule has 1 heterocycles. The molecule has 0 aliphatic carbocycles. The predicted octanol–water partition coefficient (Wildman–Crippen LogP) is 4.48. The van der Waals surface area contributed by atoms with Crippen LogP contribution in [-0.2, 0) is 9.53 Å². The van der Waals surface area contributed by atoms with Crippen molar-refractivity contribution < 1.29 is 19.0 Å². The van der Waals surface area contributed by atoms with Gasteiger partial charge in [0.05, 0.1) is 7.11 Å². The minimum absolute atomic E-state index is 0.195. The van der Waals surface area contributed by atoms with E-state index >= 15 is 0 Å². The van der Waals surface area contributed by atoms with E-state index in [9.17, 15) is 4.79 Å². The molecule has 0 fully saturated rings. The lowest BCUT2D eigenvalue weighted by Crippen LogP contribution is -2.22. The molecule has 2 atom stereocenters. The lowest BCUT2D eigenvalue weighted by molar-refractivity contribution is -0.149. The lowest BCUT2D eigenvalue weighted by Gasteiger charge is -2.32. The van der Waals surface area contributed by atoms with Gasteiger partial charge < -0.3 is 14.2 Å². The molecule has 1 aliphatic heterocycles. The molecule has 2 aromatic carbocycles. The molecule has 0 N–H and O–H groups in total. The van der Waals surface area contributed by atoms with E-state index in [0.29, 0.717) is 17.2 Å². The van der Waals surface area contributed by atoms with E-state index in [1.807, 2.05) is 30.3 Å². The van der Waals surface area contributed by atoms with Gasteiger partial charge >= 0.3 is 5.97 Å². The maximum Gasteiger partial charge on any atom is 0.303 e. The number of ether oxygens (including phenoxy) is 3. The van der Waals surface area contributed by atoms with Crippen LogP contribution in [-0.4, -0.2) is 13.1 Å². The summed E-state index contributed by atoms with van der Waals surface area (Å²) in [5.41, 5.74) is 1.81. The van der Waals surface area contributed by atoms with Crippen molar-refractivity contribution in [3.8, 4) is 11.5 Å². The normalized spacial score (nSPS) is 19.4. The highest BCUT2D eigenvalue weighted by Gasteiger charge is 2.31. The van der Waals surface area contributed by atoms with Crippen LogP contribution >= 0.6 is 11.6 Å². The van der Waals surface area contributed by atoms with Crippen molar-refractivity contribution in [2.75, 3.05) is 7.11 Å². The molecule has 0 unspecified atom stereocenters. The topological polar surface area (TPSA) is 44.8 Å². The monoisotopic (exact) mass is 332 g/mol. The fraction of sp³-hybridized carbons (Fsp3) is 0.278. The minimum Gasteiger partial charge on any atom is -0.497 e. The number of halogens is 1. The van der Waals surface area contributed by atoms with E-state index < -0.39 is 0 Å². The van der Waals surface area contributed by atoms with Crippen LogP contribution < -0.4 is 9.47 Å². The lowest BCUT2D eigenvalue weighted by atomic mass is 9.95. The van der Waals surface area contributed by atoms with Crippen molar-refractivity contribution in [2.45, 2.75) is 25.6 Å². The second-order valence-electron chi connectivity index (χ2n) is 5.40. The fourth-order valence-corrected chi connectivity index (χ4v) is 2.92. The van der Waals surface area contributed by atoms with Crippen LogP contribution in [0.1, 0.15) is 36.7 Å². The minimum atomic E-state index is -0.373. The number of esters is 1. The molecule has 0 radical (unpaired) electrons. The third kappa shape index (κ3) is 3.42. The quantitative estimate of drug-likeness (QED) is 0.777. The van der Waals surface area contributed by atoms with Crippen molar-refractivity contribution >= 4 is 17.6 Å².